The molecule has 2 aromatic carbocycles. The first kappa shape index (κ1) is 22.8. The molecule has 33 heavy (non-hydrogen) atoms. The number of aliphatic carboxylic acids is 1. The molecule has 0 aliphatic heterocycles. The smallest absolute Gasteiger partial charge is 0.407 e. The lowest BCUT2D eigenvalue weighted by atomic mass is 9.85. The fraction of sp³-hybridized carbons (Fsp3) is 0.423. The predicted octanol–water partition coefficient (Wildman–Crippen LogP) is 4.06. The molecule has 7 heteroatoms. The molecule has 2 aliphatic rings. The molecule has 0 heterocycles. The van der Waals surface area contributed by atoms with Crippen LogP contribution in [-0.2, 0) is 14.3 Å². The van der Waals surface area contributed by atoms with Crippen molar-refractivity contribution in [3.05, 3.63) is 59.7 Å². The lowest BCUT2D eigenvalue weighted by molar-refractivity contribution is -0.149. The molecule has 1 fully saturated rings. The summed E-state index contributed by atoms with van der Waals surface area (Å²) in [5.74, 6) is -1.20. The van der Waals surface area contributed by atoms with Gasteiger partial charge >= 0.3 is 12.1 Å². The van der Waals surface area contributed by atoms with Gasteiger partial charge in [-0.25, -0.2) is 4.79 Å². The molecule has 2 aromatic rings. The fourth-order valence-corrected chi connectivity index (χ4v) is 5.08. The van der Waals surface area contributed by atoms with E-state index in [4.69, 9.17) is 4.74 Å². The number of carboxylic acid groups (broad SMARTS) is 1. The van der Waals surface area contributed by atoms with Gasteiger partial charge in [0.15, 0.2) is 0 Å². The zero-order valence-electron chi connectivity index (χ0n) is 19.0. The average molecular weight is 451 g/mol. The highest BCUT2D eigenvalue weighted by atomic mass is 16.5. The van der Waals surface area contributed by atoms with Crippen LogP contribution < -0.4 is 10.6 Å². The van der Waals surface area contributed by atoms with Gasteiger partial charge in [-0.2, -0.15) is 0 Å². The van der Waals surface area contributed by atoms with E-state index in [1.165, 1.54) is 0 Å². The Balaban J connectivity index is 1.29. The maximum absolute atomic E-state index is 12.4. The second-order valence-corrected chi connectivity index (χ2v) is 9.31. The highest BCUT2D eigenvalue weighted by molar-refractivity contribution is 5.81. The number of ether oxygens (including phenoxy) is 1. The summed E-state index contributed by atoms with van der Waals surface area (Å²) in [4.78, 5) is 36.4. The molecule has 2 unspecified atom stereocenters. The van der Waals surface area contributed by atoms with Crippen molar-refractivity contribution in [3.63, 3.8) is 0 Å². The first-order valence-corrected chi connectivity index (χ1v) is 11.4. The zero-order chi connectivity index (χ0) is 23.6. The van der Waals surface area contributed by atoms with E-state index in [9.17, 15) is 19.5 Å². The summed E-state index contributed by atoms with van der Waals surface area (Å²) in [5.41, 5.74) is 3.65. The van der Waals surface area contributed by atoms with Crippen molar-refractivity contribution in [1.82, 2.24) is 10.6 Å². The number of nitrogens with one attached hydrogen (secondary N) is 2. The van der Waals surface area contributed by atoms with Crippen LogP contribution in [0.15, 0.2) is 48.5 Å². The van der Waals surface area contributed by atoms with Crippen LogP contribution in [0.3, 0.4) is 0 Å². The van der Waals surface area contributed by atoms with E-state index in [0.717, 1.165) is 28.7 Å². The Labute approximate surface area is 193 Å². The fourth-order valence-electron chi connectivity index (χ4n) is 5.08. The van der Waals surface area contributed by atoms with Gasteiger partial charge in [-0.05, 0) is 48.9 Å². The molecule has 3 N–H and O–H groups in total. The highest BCUT2D eigenvalue weighted by Crippen LogP contribution is 2.44. The largest absolute Gasteiger partial charge is 0.481 e. The summed E-state index contributed by atoms with van der Waals surface area (Å²) >= 11 is 0. The summed E-state index contributed by atoms with van der Waals surface area (Å²) < 4.78 is 5.53. The van der Waals surface area contributed by atoms with Gasteiger partial charge in [0, 0.05) is 24.4 Å². The molecule has 3 atom stereocenters. The lowest BCUT2D eigenvalue weighted by Crippen LogP contribution is -2.48. The van der Waals surface area contributed by atoms with Crippen molar-refractivity contribution >= 4 is 18.0 Å². The van der Waals surface area contributed by atoms with E-state index >= 15 is 0 Å². The third-order valence-corrected chi connectivity index (χ3v) is 6.98. The lowest BCUT2D eigenvalue weighted by Gasteiger charge is -2.28. The van der Waals surface area contributed by atoms with E-state index in [-0.39, 0.29) is 24.9 Å². The minimum Gasteiger partial charge on any atom is -0.481 e. The number of carbonyl (C=O) groups is 3. The van der Waals surface area contributed by atoms with Gasteiger partial charge in [0.2, 0.25) is 5.91 Å². The van der Waals surface area contributed by atoms with Gasteiger partial charge in [0.1, 0.15) is 6.61 Å². The first-order chi connectivity index (χ1) is 15.8. The molecule has 0 bridgehead atoms. The number of fused-ring (bicyclic) bond motifs is 3. The predicted molar refractivity (Wildman–Crippen MR) is 124 cm³/mol. The summed E-state index contributed by atoms with van der Waals surface area (Å²) in [5, 5.41) is 15.1. The van der Waals surface area contributed by atoms with Crippen LogP contribution in [0, 0.1) is 5.41 Å². The number of amides is 2. The molecule has 0 saturated heterocycles. The minimum absolute atomic E-state index is 0.0298. The Morgan fingerprint density at radius 1 is 1.09 bits per heavy atom. The molecule has 0 spiro atoms. The number of alkyl carbamates (subject to hydrolysis) is 1. The monoisotopic (exact) mass is 450 g/mol. The normalized spacial score (nSPS) is 22.2. The topological polar surface area (TPSA) is 105 Å². The van der Waals surface area contributed by atoms with Gasteiger partial charge in [0.25, 0.3) is 0 Å². The molecule has 174 valence electrons. The Morgan fingerprint density at radius 2 is 1.70 bits per heavy atom. The van der Waals surface area contributed by atoms with Crippen molar-refractivity contribution in [3.8, 4) is 11.1 Å². The average Bonchev–Trinajstić information content (AvgIpc) is 3.31. The molecule has 0 aromatic heterocycles. The quantitative estimate of drug-likeness (QED) is 0.590. The van der Waals surface area contributed by atoms with Crippen LogP contribution in [-0.4, -0.2) is 41.8 Å². The maximum Gasteiger partial charge on any atom is 0.407 e. The molecule has 0 radical (unpaired) electrons. The van der Waals surface area contributed by atoms with Crippen molar-refractivity contribution in [1.29, 1.82) is 0 Å². The number of hydrogen-bond donors (Lipinski definition) is 3. The van der Waals surface area contributed by atoms with E-state index in [2.05, 4.69) is 34.9 Å². The Morgan fingerprint density at radius 3 is 2.30 bits per heavy atom. The van der Waals surface area contributed by atoms with E-state index in [1.54, 1.807) is 13.8 Å². The Kier molecular flexibility index (Phi) is 6.40. The van der Waals surface area contributed by atoms with Crippen molar-refractivity contribution in [2.45, 2.75) is 57.5 Å². The molecular weight excluding hydrogens is 420 g/mol. The number of hydrogen-bond acceptors (Lipinski definition) is 4. The van der Waals surface area contributed by atoms with Crippen LogP contribution in [0.2, 0.25) is 0 Å². The van der Waals surface area contributed by atoms with Crippen molar-refractivity contribution in [2.24, 2.45) is 5.41 Å². The van der Waals surface area contributed by atoms with Gasteiger partial charge in [-0.3, -0.25) is 9.59 Å². The van der Waals surface area contributed by atoms with E-state index in [1.807, 2.05) is 24.3 Å². The summed E-state index contributed by atoms with van der Waals surface area (Å²) in [6.45, 7) is 3.61. The summed E-state index contributed by atoms with van der Waals surface area (Å²) in [6.07, 6.45) is 1.43. The first-order valence-electron chi connectivity index (χ1n) is 11.4. The number of rotatable bonds is 7. The number of benzene rings is 2. The van der Waals surface area contributed by atoms with Crippen LogP contribution >= 0.6 is 0 Å². The SMILES string of the molecule is C[C@@H](CC(=O)NC1CCCC1(C)C(=O)O)NC(=O)OCC1c2ccccc2-c2ccccc21. The van der Waals surface area contributed by atoms with Crippen LogP contribution in [0.1, 0.15) is 56.6 Å². The van der Waals surface area contributed by atoms with Crippen LogP contribution in [0.25, 0.3) is 11.1 Å². The third-order valence-electron chi connectivity index (χ3n) is 6.98. The second kappa shape index (κ2) is 9.25. The van der Waals surface area contributed by atoms with E-state index < -0.39 is 29.6 Å². The molecule has 2 aliphatic carbocycles. The highest BCUT2D eigenvalue weighted by Gasteiger charge is 2.45. The number of carboxylic acids is 1. The molecule has 7 nitrogen and oxygen atoms in total. The van der Waals surface area contributed by atoms with Crippen LogP contribution in [0.4, 0.5) is 4.79 Å². The van der Waals surface area contributed by atoms with Crippen molar-refractivity contribution in [2.75, 3.05) is 6.61 Å². The van der Waals surface area contributed by atoms with Gasteiger partial charge in [-0.15, -0.1) is 0 Å². The third kappa shape index (κ3) is 4.58. The second-order valence-electron chi connectivity index (χ2n) is 9.31. The van der Waals surface area contributed by atoms with Crippen LogP contribution in [0.5, 0.6) is 0 Å². The standard InChI is InChI=1S/C26H30N2O5/c1-16(14-23(29)28-22-12-7-13-26(22,2)24(30)31)27-25(32)33-15-21-19-10-5-3-8-17(19)18-9-4-6-11-20(18)21/h3-6,8-11,16,21-22H,7,12-15H2,1-2H3,(H,27,32)(H,28,29)(H,30,31)/t16-,22?,26?/m0/s1. The zero-order valence-corrected chi connectivity index (χ0v) is 19.0. The van der Waals surface area contributed by atoms with E-state index in [0.29, 0.717) is 12.8 Å². The minimum atomic E-state index is -0.945. The van der Waals surface area contributed by atoms with Gasteiger partial charge < -0.3 is 20.5 Å². The summed E-state index contributed by atoms with van der Waals surface area (Å²) in [7, 11) is 0. The maximum atomic E-state index is 12.4. The molecule has 2 amide bonds. The van der Waals surface area contributed by atoms with Gasteiger partial charge in [-0.1, -0.05) is 55.0 Å². The molecule has 1 saturated carbocycles. The number of carbonyl (C=O) groups excluding carboxylic acids is 2. The molecule has 4 rings (SSSR count). The Bertz CT molecular complexity index is 1020. The summed E-state index contributed by atoms with van der Waals surface area (Å²) in [6, 6.07) is 15.4. The van der Waals surface area contributed by atoms with Crippen molar-refractivity contribution < 1.29 is 24.2 Å². The Hall–Kier alpha value is -3.35. The van der Waals surface area contributed by atoms with Gasteiger partial charge in [0.05, 0.1) is 5.41 Å². The molecular formula is C26H30N2O5.